The lowest BCUT2D eigenvalue weighted by Crippen LogP contribution is -2.47. The molecule has 0 radical (unpaired) electrons. The van der Waals surface area contributed by atoms with Gasteiger partial charge < -0.3 is 9.73 Å². The number of fused-ring (bicyclic) bond motifs is 3. The Morgan fingerprint density at radius 2 is 2.03 bits per heavy atom. The predicted molar refractivity (Wildman–Crippen MR) is 118 cm³/mol. The highest BCUT2D eigenvalue weighted by Gasteiger charge is 2.56. The molecular weight excluding hydrogens is 454 g/mol. The summed E-state index contributed by atoms with van der Waals surface area (Å²) in [5, 5.41) is 9.86. The van der Waals surface area contributed by atoms with Gasteiger partial charge in [0.05, 0.1) is 16.3 Å². The molecule has 144 valence electrons. The first-order valence-corrected chi connectivity index (χ1v) is 10.1. The van der Waals surface area contributed by atoms with Crippen LogP contribution >= 0.6 is 28.1 Å². The van der Waals surface area contributed by atoms with Gasteiger partial charge in [0, 0.05) is 27.5 Å². The fourth-order valence-corrected chi connectivity index (χ4v) is 4.57. The van der Waals surface area contributed by atoms with Gasteiger partial charge >= 0.3 is 5.63 Å². The average molecular weight is 468 g/mol. The number of anilines is 1. The molecule has 6 nitrogen and oxygen atoms in total. The molecule has 0 bridgehead atoms. The van der Waals surface area contributed by atoms with Crippen LogP contribution in [0, 0.1) is 0 Å². The van der Waals surface area contributed by atoms with Crippen molar-refractivity contribution in [2.45, 2.75) is 18.9 Å². The number of halogens is 1. The van der Waals surface area contributed by atoms with Gasteiger partial charge in [0.1, 0.15) is 5.58 Å². The Bertz CT molecular complexity index is 1320. The van der Waals surface area contributed by atoms with Crippen molar-refractivity contribution in [1.82, 2.24) is 5.01 Å². The van der Waals surface area contributed by atoms with E-state index in [1.807, 2.05) is 36.4 Å². The molecule has 3 aromatic rings. The number of nitrogens with one attached hydrogen (secondary N) is 1. The number of amides is 1. The summed E-state index contributed by atoms with van der Waals surface area (Å²) < 4.78 is 6.31. The Kier molecular flexibility index (Phi) is 3.97. The SMILES string of the molecule is CC(=S)N1N=C(c2cc3ccccc3oc2=O)CC12C(=O)Nc1ccc(Br)cc12. The number of carbonyl (C=O) groups is 1. The van der Waals surface area contributed by atoms with E-state index in [9.17, 15) is 9.59 Å². The molecule has 2 aliphatic heterocycles. The molecule has 1 amide bonds. The third kappa shape index (κ3) is 2.59. The second-order valence-corrected chi connectivity index (χ2v) is 8.55. The van der Waals surface area contributed by atoms with Crippen molar-refractivity contribution >= 4 is 61.4 Å². The van der Waals surface area contributed by atoms with E-state index in [0.717, 1.165) is 15.4 Å². The molecule has 1 aromatic heterocycles. The van der Waals surface area contributed by atoms with Crippen molar-refractivity contribution in [3.05, 3.63) is 74.6 Å². The zero-order valence-electron chi connectivity index (χ0n) is 15.2. The normalized spacial score (nSPS) is 20.1. The predicted octanol–water partition coefficient (Wildman–Crippen LogP) is 4.16. The molecule has 0 fully saturated rings. The zero-order valence-corrected chi connectivity index (χ0v) is 17.6. The van der Waals surface area contributed by atoms with Gasteiger partial charge in [-0.05, 0) is 37.3 Å². The molecule has 0 saturated carbocycles. The fourth-order valence-electron chi connectivity index (χ4n) is 4.01. The van der Waals surface area contributed by atoms with E-state index in [1.165, 1.54) is 0 Å². The number of hydrazone groups is 1. The van der Waals surface area contributed by atoms with E-state index in [-0.39, 0.29) is 12.3 Å². The third-order valence-corrected chi connectivity index (χ3v) is 5.97. The number of para-hydroxylation sites is 1. The van der Waals surface area contributed by atoms with Gasteiger partial charge in [-0.2, -0.15) is 5.10 Å². The maximum atomic E-state index is 13.2. The Labute approximate surface area is 179 Å². The van der Waals surface area contributed by atoms with Gasteiger partial charge in [-0.1, -0.05) is 46.3 Å². The van der Waals surface area contributed by atoms with Crippen LogP contribution in [-0.4, -0.2) is 21.6 Å². The Morgan fingerprint density at radius 3 is 2.83 bits per heavy atom. The summed E-state index contributed by atoms with van der Waals surface area (Å²) in [5.74, 6) is -0.223. The molecule has 0 aliphatic carbocycles. The molecule has 8 heteroatoms. The monoisotopic (exact) mass is 467 g/mol. The summed E-state index contributed by atoms with van der Waals surface area (Å²) in [7, 11) is 0. The highest BCUT2D eigenvalue weighted by molar-refractivity contribution is 9.10. The van der Waals surface area contributed by atoms with E-state index in [0.29, 0.717) is 27.5 Å². The summed E-state index contributed by atoms with van der Waals surface area (Å²) in [4.78, 5) is 26.3. The maximum Gasteiger partial charge on any atom is 0.345 e. The smallest absolute Gasteiger partial charge is 0.345 e. The minimum atomic E-state index is -1.13. The molecule has 3 heterocycles. The molecule has 1 unspecified atom stereocenters. The molecule has 1 N–H and O–H groups in total. The summed E-state index contributed by atoms with van der Waals surface area (Å²) in [6.07, 6.45) is 0.208. The molecule has 2 aromatic carbocycles. The molecule has 0 saturated heterocycles. The van der Waals surface area contributed by atoms with E-state index < -0.39 is 11.2 Å². The van der Waals surface area contributed by atoms with Gasteiger partial charge in [-0.25, -0.2) is 9.80 Å². The van der Waals surface area contributed by atoms with E-state index in [2.05, 4.69) is 26.3 Å². The van der Waals surface area contributed by atoms with Gasteiger partial charge in [0.15, 0.2) is 5.54 Å². The number of benzene rings is 2. The van der Waals surface area contributed by atoms with Gasteiger partial charge in [0.25, 0.3) is 5.91 Å². The highest BCUT2D eigenvalue weighted by atomic mass is 79.9. The van der Waals surface area contributed by atoms with Crippen molar-refractivity contribution in [1.29, 1.82) is 0 Å². The molecule has 1 atom stereocenters. The van der Waals surface area contributed by atoms with Crippen LogP contribution in [0.5, 0.6) is 0 Å². The number of hydrogen-bond acceptors (Lipinski definition) is 5. The molecule has 1 spiro atoms. The standard InChI is InChI=1S/C21H14BrN3O3S/c1-11(29)25-21(15-9-13(22)6-7-16(15)23-20(21)27)10-17(24-25)14-8-12-4-2-3-5-18(12)28-19(14)26/h2-9H,10H2,1H3,(H,23,27). The molecular formula is C21H14BrN3O3S. The number of hydrogen-bond donors (Lipinski definition) is 1. The fraction of sp³-hybridized carbons (Fsp3) is 0.143. The molecule has 2 aliphatic rings. The number of nitrogens with zero attached hydrogens (tertiary/aromatic N) is 2. The lowest BCUT2D eigenvalue weighted by Gasteiger charge is -2.31. The maximum absolute atomic E-state index is 13.2. The topological polar surface area (TPSA) is 74.9 Å². The van der Waals surface area contributed by atoms with Crippen molar-refractivity contribution in [3.8, 4) is 0 Å². The summed E-state index contributed by atoms with van der Waals surface area (Å²) in [5.41, 5.74) is 1.17. The number of thiocarbonyl (C=S) groups is 1. The van der Waals surface area contributed by atoms with Gasteiger partial charge in [-0.15, -0.1) is 0 Å². The van der Waals surface area contributed by atoms with Crippen molar-refractivity contribution < 1.29 is 9.21 Å². The third-order valence-electron chi connectivity index (χ3n) is 5.31. The first-order valence-electron chi connectivity index (χ1n) is 8.93. The summed E-state index contributed by atoms with van der Waals surface area (Å²) in [6, 6.07) is 14.6. The second-order valence-electron chi connectivity index (χ2n) is 7.04. The highest BCUT2D eigenvalue weighted by Crippen LogP contribution is 2.48. The lowest BCUT2D eigenvalue weighted by molar-refractivity contribution is -0.124. The number of rotatable bonds is 1. The van der Waals surface area contributed by atoms with Crippen LogP contribution in [-0.2, 0) is 10.3 Å². The zero-order chi connectivity index (χ0) is 20.3. The second kappa shape index (κ2) is 6.33. The van der Waals surface area contributed by atoms with E-state index >= 15 is 0 Å². The van der Waals surface area contributed by atoms with Crippen LogP contribution < -0.4 is 10.9 Å². The van der Waals surface area contributed by atoms with Crippen LogP contribution in [0.3, 0.4) is 0 Å². The van der Waals surface area contributed by atoms with Crippen molar-refractivity contribution in [3.63, 3.8) is 0 Å². The summed E-state index contributed by atoms with van der Waals surface area (Å²) >= 11 is 8.90. The van der Waals surface area contributed by atoms with Gasteiger partial charge in [0.2, 0.25) is 0 Å². The minimum Gasteiger partial charge on any atom is -0.422 e. The first kappa shape index (κ1) is 18.2. The van der Waals surface area contributed by atoms with Crippen LogP contribution in [0.25, 0.3) is 11.0 Å². The van der Waals surface area contributed by atoms with Crippen LogP contribution in [0.1, 0.15) is 24.5 Å². The largest absolute Gasteiger partial charge is 0.422 e. The first-order chi connectivity index (χ1) is 13.9. The van der Waals surface area contributed by atoms with Crippen molar-refractivity contribution in [2.75, 3.05) is 5.32 Å². The van der Waals surface area contributed by atoms with Crippen LogP contribution in [0.15, 0.2) is 67.3 Å². The summed E-state index contributed by atoms with van der Waals surface area (Å²) in [6.45, 7) is 1.72. The molecule has 29 heavy (non-hydrogen) atoms. The average Bonchev–Trinajstić information content (AvgIpc) is 3.22. The Hall–Kier alpha value is -2.84. The quantitative estimate of drug-likeness (QED) is 0.429. The van der Waals surface area contributed by atoms with Crippen LogP contribution in [0.2, 0.25) is 0 Å². The van der Waals surface area contributed by atoms with Crippen LogP contribution in [0.4, 0.5) is 5.69 Å². The minimum absolute atomic E-state index is 0.208. The lowest BCUT2D eigenvalue weighted by atomic mass is 9.85. The Morgan fingerprint density at radius 1 is 1.24 bits per heavy atom. The number of carbonyl (C=O) groups excluding carboxylic acids is 1. The van der Waals surface area contributed by atoms with Crippen molar-refractivity contribution in [2.24, 2.45) is 5.10 Å². The Balaban J connectivity index is 1.70. The molecule has 5 rings (SSSR count). The van der Waals surface area contributed by atoms with Gasteiger partial charge in [-0.3, -0.25) is 4.79 Å². The van der Waals surface area contributed by atoms with E-state index in [1.54, 1.807) is 24.1 Å². The van der Waals surface area contributed by atoms with E-state index in [4.69, 9.17) is 16.6 Å².